The van der Waals surface area contributed by atoms with Gasteiger partial charge in [0.25, 0.3) is 11.6 Å². The Bertz CT molecular complexity index is 474. The maximum absolute atomic E-state index is 12.1. The van der Waals surface area contributed by atoms with Crippen LogP contribution in [0.15, 0.2) is 18.2 Å². The van der Waals surface area contributed by atoms with Gasteiger partial charge in [0.15, 0.2) is 0 Å². The highest BCUT2D eigenvalue weighted by Gasteiger charge is 2.19. The molecule has 18 heavy (non-hydrogen) atoms. The Morgan fingerprint density at radius 2 is 2.17 bits per heavy atom. The zero-order valence-corrected chi connectivity index (χ0v) is 10.7. The normalized spacial score (nSPS) is 12.0. The van der Waals surface area contributed by atoms with Crippen molar-refractivity contribution in [3.05, 3.63) is 39.4 Å². The molecule has 0 aliphatic rings. The van der Waals surface area contributed by atoms with Gasteiger partial charge in [0.05, 0.1) is 4.92 Å². The van der Waals surface area contributed by atoms with E-state index < -0.39 is 4.92 Å². The van der Waals surface area contributed by atoms with Crippen LogP contribution in [0, 0.1) is 17.0 Å². The van der Waals surface area contributed by atoms with E-state index in [1.54, 1.807) is 26.1 Å². The van der Waals surface area contributed by atoms with E-state index in [9.17, 15) is 14.9 Å². The summed E-state index contributed by atoms with van der Waals surface area (Å²) in [5.74, 6) is -0.268. The standard InChI is InChI=1S/C12H17N3O3/c1-8-4-5-10(6-11(8)15(17)18)12(16)14(3)9(2)7-13/h4-6,9H,7,13H2,1-3H3. The Hall–Kier alpha value is -1.95. The molecule has 1 aromatic carbocycles. The molecule has 0 aliphatic heterocycles. The van der Waals surface area contributed by atoms with Crippen molar-refractivity contribution >= 4 is 11.6 Å². The average molecular weight is 251 g/mol. The van der Waals surface area contributed by atoms with Gasteiger partial charge in [0.2, 0.25) is 0 Å². The average Bonchev–Trinajstić information content (AvgIpc) is 2.36. The number of nitrogens with two attached hydrogens (primary N) is 1. The van der Waals surface area contributed by atoms with Gasteiger partial charge >= 0.3 is 0 Å². The van der Waals surface area contributed by atoms with Crippen LogP contribution in [0.1, 0.15) is 22.8 Å². The monoisotopic (exact) mass is 251 g/mol. The summed E-state index contributed by atoms with van der Waals surface area (Å²) in [4.78, 5) is 23.9. The summed E-state index contributed by atoms with van der Waals surface area (Å²) in [6.07, 6.45) is 0. The van der Waals surface area contributed by atoms with Crippen molar-refractivity contribution in [2.75, 3.05) is 13.6 Å². The third-order valence-corrected chi connectivity index (χ3v) is 2.98. The fourth-order valence-electron chi connectivity index (χ4n) is 1.50. The molecule has 0 saturated heterocycles. The lowest BCUT2D eigenvalue weighted by Crippen LogP contribution is -2.39. The molecule has 0 aromatic heterocycles. The largest absolute Gasteiger partial charge is 0.338 e. The summed E-state index contributed by atoms with van der Waals surface area (Å²) >= 11 is 0. The molecule has 0 radical (unpaired) electrons. The number of carbonyl (C=O) groups excluding carboxylic acids is 1. The summed E-state index contributed by atoms with van der Waals surface area (Å²) < 4.78 is 0. The summed E-state index contributed by atoms with van der Waals surface area (Å²) in [7, 11) is 1.63. The number of nitrogens with zero attached hydrogens (tertiary/aromatic N) is 2. The minimum Gasteiger partial charge on any atom is -0.338 e. The summed E-state index contributed by atoms with van der Waals surface area (Å²) in [6.45, 7) is 3.80. The molecular formula is C12H17N3O3. The molecule has 1 rings (SSSR count). The molecule has 6 heteroatoms. The van der Waals surface area contributed by atoms with Crippen molar-refractivity contribution in [1.29, 1.82) is 0 Å². The molecule has 1 atom stereocenters. The van der Waals surface area contributed by atoms with E-state index in [4.69, 9.17) is 5.73 Å². The van der Waals surface area contributed by atoms with Crippen molar-refractivity contribution in [2.45, 2.75) is 19.9 Å². The van der Waals surface area contributed by atoms with E-state index in [1.807, 2.05) is 6.92 Å². The minimum absolute atomic E-state index is 0.0466. The van der Waals surface area contributed by atoms with Crippen molar-refractivity contribution in [3.63, 3.8) is 0 Å². The number of nitro benzene ring substituents is 1. The van der Waals surface area contributed by atoms with Crippen LogP contribution in [0.2, 0.25) is 0 Å². The number of rotatable bonds is 4. The van der Waals surface area contributed by atoms with Gasteiger partial charge in [-0.3, -0.25) is 14.9 Å². The first kappa shape index (κ1) is 14.1. The predicted octanol–water partition coefficient (Wildman–Crippen LogP) is 1.32. The highest BCUT2D eigenvalue weighted by molar-refractivity contribution is 5.95. The molecule has 6 nitrogen and oxygen atoms in total. The zero-order valence-electron chi connectivity index (χ0n) is 10.7. The van der Waals surface area contributed by atoms with Gasteiger partial charge in [-0.15, -0.1) is 0 Å². The molecule has 0 aliphatic carbocycles. The van der Waals surface area contributed by atoms with Crippen LogP contribution in [-0.4, -0.2) is 35.4 Å². The molecule has 98 valence electrons. The summed E-state index contributed by atoms with van der Waals surface area (Å²) in [5, 5.41) is 10.8. The van der Waals surface area contributed by atoms with Crippen molar-refractivity contribution in [3.8, 4) is 0 Å². The molecule has 2 N–H and O–H groups in total. The number of nitro groups is 1. The first-order valence-corrected chi connectivity index (χ1v) is 5.60. The molecule has 0 heterocycles. The topological polar surface area (TPSA) is 89.5 Å². The summed E-state index contributed by atoms with van der Waals surface area (Å²) in [6, 6.07) is 4.35. The van der Waals surface area contributed by atoms with E-state index >= 15 is 0 Å². The third kappa shape index (κ3) is 2.84. The lowest BCUT2D eigenvalue weighted by Gasteiger charge is -2.23. The van der Waals surface area contributed by atoms with Crippen LogP contribution in [0.25, 0.3) is 0 Å². The second-order valence-corrected chi connectivity index (χ2v) is 4.26. The molecule has 0 saturated carbocycles. The number of hydrogen-bond acceptors (Lipinski definition) is 4. The first-order chi connectivity index (χ1) is 8.38. The highest BCUT2D eigenvalue weighted by Crippen LogP contribution is 2.20. The Kier molecular flexibility index (Phi) is 4.38. The Balaban J connectivity index is 3.07. The van der Waals surface area contributed by atoms with E-state index in [0.717, 1.165) is 0 Å². The lowest BCUT2D eigenvalue weighted by atomic mass is 10.1. The number of carbonyl (C=O) groups is 1. The van der Waals surface area contributed by atoms with Crippen LogP contribution in [0.5, 0.6) is 0 Å². The van der Waals surface area contributed by atoms with Gasteiger partial charge in [0.1, 0.15) is 0 Å². The smallest absolute Gasteiger partial charge is 0.273 e. The Labute approximate surface area is 106 Å². The molecule has 1 aromatic rings. The van der Waals surface area contributed by atoms with E-state index in [-0.39, 0.29) is 17.6 Å². The molecule has 0 fully saturated rings. The van der Waals surface area contributed by atoms with Gasteiger partial charge in [-0.1, -0.05) is 6.07 Å². The number of aryl methyl sites for hydroxylation is 1. The minimum atomic E-state index is -0.488. The first-order valence-electron chi connectivity index (χ1n) is 5.60. The van der Waals surface area contributed by atoms with Gasteiger partial charge < -0.3 is 10.6 Å². The maximum atomic E-state index is 12.1. The van der Waals surface area contributed by atoms with Crippen LogP contribution < -0.4 is 5.73 Å². The number of hydrogen-bond donors (Lipinski definition) is 1. The maximum Gasteiger partial charge on any atom is 0.273 e. The molecular weight excluding hydrogens is 234 g/mol. The van der Waals surface area contributed by atoms with E-state index in [0.29, 0.717) is 17.7 Å². The van der Waals surface area contributed by atoms with Crippen LogP contribution in [0.3, 0.4) is 0 Å². The van der Waals surface area contributed by atoms with Crippen LogP contribution in [0.4, 0.5) is 5.69 Å². The van der Waals surface area contributed by atoms with Gasteiger partial charge in [-0.05, 0) is 19.9 Å². The molecule has 1 amide bonds. The third-order valence-electron chi connectivity index (χ3n) is 2.98. The van der Waals surface area contributed by atoms with Crippen molar-refractivity contribution in [2.24, 2.45) is 5.73 Å². The lowest BCUT2D eigenvalue weighted by molar-refractivity contribution is -0.385. The van der Waals surface area contributed by atoms with Gasteiger partial charge in [0, 0.05) is 36.8 Å². The van der Waals surface area contributed by atoms with Crippen LogP contribution in [-0.2, 0) is 0 Å². The SMILES string of the molecule is Cc1ccc(C(=O)N(C)C(C)CN)cc1[N+](=O)[O-]. The number of likely N-dealkylation sites (N-methyl/N-ethyl adjacent to an activating group) is 1. The van der Waals surface area contributed by atoms with Gasteiger partial charge in [-0.2, -0.15) is 0 Å². The highest BCUT2D eigenvalue weighted by atomic mass is 16.6. The second-order valence-electron chi connectivity index (χ2n) is 4.26. The Morgan fingerprint density at radius 3 is 2.67 bits per heavy atom. The van der Waals surface area contributed by atoms with Crippen molar-refractivity contribution < 1.29 is 9.72 Å². The second kappa shape index (κ2) is 5.59. The number of benzene rings is 1. The Morgan fingerprint density at radius 1 is 1.56 bits per heavy atom. The molecule has 0 bridgehead atoms. The van der Waals surface area contributed by atoms with Gasteiger partial charge in [-0.25, -0.2) is 0 Å². The number of amides is 1. The molecule has 0 spiro atoms. The van der Waals surface area contributed by atoms with E-state index in [1.165, 1.54) is 11.0 Å². The van der Waals surface area contributed by atoms with Crippen LogP contribution >= 0.6 is 0 Å². The fraction of sp³-hybridized carbons (Fsp3) is 0.417. The zero-order chi connectivity index (χ0) is 13.9. The van der Waals surface area contributed by atoms with Crippen molar-refractivity contribution in [1.82, 2.24) is 4.90 Å². The van der Waals surface area contributed by atoms with E-state index in [2.05, 4.69) is 0 Å². The fourth-order valence-corrected chi connectivity index (χ4v) is 1.50. The quantitative estimate of drug-likeness (QED) is 0.645. The molecule has 1 unspecified atom stereocenters. The summed E-state index contributed by atoms with van der Waals surface area (Å²) in [5.41, 5.74) is 6.28. The predicted molar refractivity (Wildman–Crippen MR) is 68.4 cm³/mol.